The Labute approximate surface area is 132 Å². The normalized spacial score (nSPS) is 16.8. The van der Waals surface area contributed by atoms with Crippen molar-refractivity contribution in [3.63, 3.8) is 0 Å². The summed E-state index contributed by atoms with van der Waals surface area (Å²) in [7, 11) is -4.30. The van der Waals surface area contributed by atoms with E-state index in [9.17, 15) is 23.3 Å². The van der Waals surface area contributed by atoms with Crippen LogP contribution in [-0.4, -0.2) is 24.8 Å². The number of benzene rings is 1. The number of nitro groups is 1. The second-order valence-electron chi connectivity index (χ2n) is 4.78. The van der Waals surface area contributed by atoms with E-state index in [-0.39, 0.29) is 22.1 Å². The van der Waals surface area contributed by atoms with Gasteiger partial charge < -0.3 is 0 Å². The average molecular weight is 336 g/mol. The van der Waals surface area contributed by atoms with Crippen molar-refractivity contribution in [2.75, 3.05) is 0 Å². The van der Waals surface area contributed by atoms with E-state index in [1.54, 1.807) is 13.8 Å². The fourth-order valence-corrected chi connectivity index (χ4v) is 2.53. The Balaban J connectivity index is 2.31. The third kappa shape index (κ3) is 3.69. The van der Waals surface area contributed by atoms with Crippen molar-refractivity contribution in [2.45, 2.75) is 18.7 Å². The first-order valence-corrected chi connectivity index (χ1v) is 7.79. The summed E-state index contributed by atoms with van der Waals surface area (Å²) in [5.74, 6) is -0.192. The van der Waals surface area contributed by atoms with Crippen molar-refractivity contribution in [1.29, 1.82) is 0 Å². The molecule has 0 fully saturated rings. The molecular weight excluding hydrogens is 324 g/mol. The summed E-state index contributed by atoms with van der Waals surface area (Å²) >= 11 is 0. The standard InChI is InChI=1S/C14H12N2O6S/c1-9-7-14(17)10(2)6-13(9)15-22-23(20,21)12-5-3-4-11(8-12)16(18)19/h3-8H,1-2H3/b15-13+. The van der Waals surface area contributed by atoms with Gasteiger partial charge in [0.25, 0.3) is 5.69 Å². The lowest BCUT2D eigenvalue weighted by Crippen LogP contribution is -2.12. The summed E-state index contributed by atoms with van der Waals surface area (Å²) in [5.41, 5.74) is 0.661. The molecule has 2 rings (SSSR count). The predicted molar refractivity (Wildman–Crippen MR) is 81.3 cm³/mol. The van der Waals surface area contributed by atoms with Crippen LogP contribution in [0.3, 0.4) is 0 Å². The van der Waals surface area contributed by atoms with Crippen molar-refractivity contribution in [3.05, 3.63) is 57.7 Å². The van der Waals surface area contributed by atoms with Gasteiger partial charge in [-0.25, -0.2) is 0 Å². The van der Waals surface area contributed by atoms with Crippen molar-refractivity contribution in [2.24, 2.45) is 5.16 Å². The Bertz CT molecular complexity index is 880. The summed E-state index contributed by atoms with van der Waals surface area (Å²) in [5, 5.41) is 14.2. The first-order valence-electron chi connectivity index (χ1n) is 6.38. The number of ketones is 1. The van der Waals surface area contributed by atoms with E-state index < -0.39 is 15.0 Å². The molecule has 0 spiro atoms. The molecule has 1 aromatic carbocycles. The lowest BCUT2D eigenvalue weighted by Gasteiger charge is -2.09. The molecular formula is C14H12N2O6S. The molecule has 0 bridgehead atoms. The first kappa shape index (κ1) is 16.6. The third-order valence-electron chi connectivity index (χ3n) is 3.04. The molecule has 0 amide bonds. The largest absolute Gasteiger partial charge is 0.358 e. The number of allylic oxidation sites excluding steroid dienone is 4. The van der Waals surface area contributed by atoms with E-state index >= 15 is 0 Å². The lowest BCUT2D eigenvalue weighted by atomic mass is 9.99. The van der Waals surface area contributed by atoms with E-state index in [1.165, 1.54) is 18.2 Å². The molecule has 0 saturated carbocycles. The first-order chi connectivity index (χ1) is 10.7. The molecule has 1 aromatic rings. The summed E-state index contributed by atoms with van der Waals surface area (Å²) in [6.07, 6.45) is 2.72. The van der Waals surface area contributed by atoms with Crippen LogP contribution >= 0.6 is 0 Å². The second kappa shape index (κ2) is 6.13. The zero-order chi connectivity index (χ0) is 17.2. The summed E-state index contributed by atoms with van der Waals surface area (Å²) in [4.78, 5) is 21.0. The molecule has 0 saturated heterocycles. The monoisotopic (exact) mass is 336 g/mol. The highest BCUT2D eigenvalue weighted by molar-refractivity contribution is 7.86. The number of rotatable bonds is 4. The highest BCUT2D eigenvalue weighted by atomic mass is 32.2. The molecule has 1 aliphatic rings. The predicted octanol–water partition coefficient (Wildman–Crippen LogP) is 2.13. The van der Waals surface area contributed by atoms with Gasteiger partial charge in [0.15, 0.2) is 5.78 Å². The average Bonchev–Trinajstić information content (AvgIpc) is 2.49. The van der Waals surface area contributed by atoms with Gasteiger partial charge in [0.05, 0.1) is 4.92 Å². The van der Waals surface area contributed by atoms with Crippen molar-refractivity contribution < 1.29 is 22.4 Å². The maximum atomic E-state index is 12.0. The SMILES string of the molecule is CC1=C/C(=N\OS(=O)(=O)c2cccc([N+](=O)[O-])c2)C(C)=CC1=O. The van der Waals surface area contributed by atoms with Gasteiger partial charge in [-0.2, -0.15) is 8.42 Å². The summed E-state index contributed by atoms with van der Waals surface area (Å²) in [6, 6.07) is 4.44. The molecule has 9 heteroatoms. The lowest BCUT2D eigenvalue weighted by molar-refractivity contribution is -0.385. The Morgan fingerprint density at radius 3 is 2.52 bits per heavy atom. The molecule has 0 heterocycles. The van der Waals surface area contributed by atoms with Gasteiger partial charge in [0.2, 0.25) is 0 Å². The molecule has 0 aromatic heterocycles. The van der Waals surface area contributed by atoms with Crippen LogP contribution in [0.15, 0.2) is 57.6 Å². The van der Waals surface area contributed by atoms with Crippen LogP contribution in [0, 0.1) is 10.1 Å². The van der Waals surface area contributed by atoms with Gasteiger partial charge in [-0.15, -0.1) is 0 Å². The minimum Gasteiger partial charge on any atom is -0.290 e. The van der Waals surface area contributed by atoms with Gasteiger partial charge in [0, 0.05) is 12.1 Å². The minimum atomic E-state index is -4.30. The Kier molecular flexibility index (Phi) is 4.41. The van der Waals surface area contributed by atoms with Crippen LogP contribution in [0.25, 0.3) is 0 Å². The van der Waals surface area contributed by atoms with E-state index in [1.807, 2.05) is 0 Å². The topological polar surface area (TPSA) is 116 Å². The van der Waals surface area contributed by atoms with Gasteiger partial charge in [-0.1, -0.05) is 11.2 Å². The van der Waals surface area contributed by atoms with Crippen LogP contribution in [0.5, 0.6) is 0 Å². The number of nitrogens with zero attached hydrogens (tertiary/aromatic N) is 2. The number of carbonyl (C=O) groups is 1. The van der Waals surface area contributed by atoms with Crippen LogP contribution in [0.2, 0.25) is 0 Å². The van der Waals surface area contributed by atoms with Crippen LogP contribution in [0.1, 0.15) is 13.8 Å². The molecule has 0 atom stereocenters. The zero-order valence-electron chi connectivity index (χ0n) is 12.2. The zero-order valence-corrected chi connectivity index (χ0v) is 13.0. The van der Waals surface area contributed by atoms with E-state index in [2.05, 4.69) is 9.44 Å². The fraction of sp³-hybridized carbons (Fsp3) is 0.143. The van der Waals surface area contributed by atoms with Gasteiger partial charge in [-0.05, 0) is 43.2 Å². The number of non-ortho nitro benzene ring substituents is 1. The second-order valence-corrected chi connectivity index (χ2v) is 6.31. The van der Waals surface area contributed by atoms with Crippen LogP contribution in [-0.2, 0) is 19.2 Å². The van der Waals surface area contributed by atoms with Gasteiger partial charge >= 0.3 is 10.1 Å². The number of oxime groups is 1. The highest BCUT2D eigenvalue weighted by Crippen LogP contribution is 2.20. The molecule has 23 heavy (non-hydrogen) atoms. The molecule has 0 aliphatic heterocycles. The Morgan fingerprint density at radius 2 is 1.87 bits per heavy atom. The van der Waals surface area contributed by atoms with Crippen molar-refractivity contribution >= 4 is 27.3 Å². The number of hydrogen-bond acceptors (Lipinski definition) is 7. The van der Waals surface area contributed by atoms with E-state index in [0.717, 1.165) is 18.2 Å². The number of carbonyl (C=O) groups excluding carboxylic acids is 1. The Morgan fingerprint density at radius 1 is 1.17 bits per heavy atom. The molecule has 120 valence electrons. The quantitative estimate of drug-likeness (QED) is 0.472. The van der Waals surface area contributed by atoms with E-state index in [0.29, 0.717) is 11.1 Å². The van der Waals surface area contributed by atoms with Crippen LogP contribution in [0.4, 0.5) is 5.69 Å². The maximum Gasteiger partial charge on any atom is 0.358 e. The Hall–Kier alpha value is -2.81. The molecule has 8 nitrogen and oxygen atoms in total. The molecule has 0 unspecified atom stereocenters. The smallest absolute Gasteiger partial charge is 0.290 e. The maximum absolute atomic E-state index is 12.0. The van der Waals surface area contributed by atoms with Crippen molar-refractivity contribution in [1.82, 2.24) is 0 Å². The highest BCUT2D eigenvalue weighted by Gasteiger charge is 2.20. The van der Waals surface area contributed by atoms with Gasteiger partial charge in [-0.3, -0.25) is 19.2 Å². The molecule has 0 N–H and O–H groups in total. The summed E-state index contributed by atoms with van der Waals surface area (Å²) in [6.45, 7) is 3.15. The summed E-state index contributed by atoms with van der Waals surface area (Å²) < 4.78 is 28.7. The van der Waals surface area contributed by atoms with E-state index in [4.69, 9.17) is 0 Å². The third-order valence-corrected chi connectivity index (χ3v) is 4.15. The fourth-order valence-electron chi connectivity index (χ4n) is 1.76. The minimum absolute atomic E-state index is 0.191. The van der Waals surface area contributed by atoms with Crippen molar-refractivity contribution in [3.8, 4) is 0 Å². The number of hydrogen-bond donors (Lipinski definition) is 0. The number of nitro benzene ring substituents is 1. The van der Waals surface area contributed by atoms with Crippen LogP contribution < -0.4 is 0 Å². The molecule has 0 radical (unpaired) electrons. The molecule has 1 aliphatic carbocycles. The van der Waals surface area contributed by atoms with Gasteiger partial charge in [0.1, 0.15) is 10.6 Å².